The van der Waals surface area contributed by atoms with Gasteiger partial charge in [0.25, 0.3) is 0 Å². The van der Waals surface area contributed by atoms with Crippen LogP contribution in [0.15, 0.2) is 36.5 Å². The fourth-order valence-electron chi connectivity index (χ4n) is 5.71. The Morgan fingerprint density at radius 2 is 1.89 bits per heavy atom. The van der Waals surface area contributed by atoms with E-state index in [1.807, 2.05) is 17.0 Å². The number of nitrogens with one attached hydrogen (secondary N) is 1. The number of methoxy groups -OCH3 is 1. The van der Waals surface area contributed by atoms with Crippen molar-refractivity contribution in [2.75, 3.05) is 67.7 Å². The van der Waals surface area contributed by atoms with E-state index >= 15 is 0 Å². The van der Waals surface area contributed by atoms with E-state index in [-0.39, 0.29) is 11.8 Å². The number of piperidine rings is 1. The fraction of sp³-hybridized carbons (Fsp3) is 0.464. The Bertz CT molecular complexity index is 1280. The van der Waals surface area contributed by atoms with Crippen LogP contribution in [-0.4, -0.2) is 73.9 Å². The lowest BCUT2D eigenvalue weighted by atomic mass is 9.94. The Morgan fingerprint density at radius 3 is 2.68 bits per heavy atom. The second-order valence-electron chi connectivity index (χ2n) is 10.0. The van der Waals surface area contributed by atoms with Crippen molar-refractivity contribution in [3.63, 3.8) is 0 Å². The molecule has 0 saturated carbocycles. The molecule has 0 aliphatic carbocycles. The molecule has 6 rings (SSSR count). The lowest BCUT2D eigenvalue weighted by Crippen LogP contribution is -2.43. The number of ether oxygens (including phenoxy) is 2. The van der Waals surface area contributed by atoms with Crippen molar-refractivity contribution in [2.24, 2.45) is 5.92 Å². The van der Waals surface area contributed by atoms with Crippen molar-refractivity contribution in [2.45, 2.75) is 26.2 Å². The van der Waals surface area contributed by atoms with Gasteiger partial charge in [-0.05, 0) is 44.0 Å². The van der Waals surface area contributed by atoms with Crippen molar-refractivity contribution < 1.29 is 14.3 Å². The molecule has 0 unspecified atom stereocenters. The van der Waals surface area contributed by atoms with Gasteiger partial charge < -0.3 is 29.2 Å². The summed E-state index contributed by atoms with van der Waals surface area (Å²) >= 11 is 0. The highest BCUT2D eigenvalue weighted by Gasteiger charge is 2.34. The second kappa shape index (κ2) is 10.0. The molecule has 0 bridgehead atoms. The zero-order valence-electron chi connectivity index (χ0n) is 21.6. The van der Waals surface area contributed by atoms with Crippen LogP contribution >= 0.6 is 0 Å². The van der Waals surface area contributed by atoms with Crippen LogP contribution in [0.2, 0.25) is 0 Å². The van der Waals surface area contributed by atoms with Gasteiger partial charge in [-0.1, -0.05) is 11.6 Å². The number of aromatic nitrogens is 3. The van der Waals surface area contributed by atoms with Gasteiger partial charge >= 0.3 is 0 Å². The first-order valence-corrected chi connectivity index (χ1v) is 13.2. The molecule has 0 atom stereocenters. The van der Waals surface area contributed by atoms with Gasteiger partial charge in [-0.3, -0.25) is 4.79 Å². The topological polar surface area (TPSA) is 86.8 Å². The summed E-state index contributed by atoms with van der Waals surface area (Å²) in [7, 11) is 1.67. The minimum Gasteiger partial charge on any atom is -0.493 e. The number of benzene rings is 1. The number of carbonyl (C=O) groups is 1. The van der Waals surface area contributed by atoms with Crippen LogP contribution in [0.25, 0.3) is 11.3 Å². The first-order chi connectivity index (χ1) is 18.1. The summed E-state index contributed by atoms with van der Waals surface area (Å²) in [6, 6.07) is 10.2. The molecule has 9 nitrogen and oxygen atoms in total. The van der Waals surface area contributed by atoms with Crippen molar-refractivity contribution in [1.82, 2.24) is 15.0 Å². The Kier molecular flexibility index (Phi) is 6.46. The summed E-state index contributed by atoms with van der Waals surface area (Å²) in [5.74, 6) is 2.71. The number of hydrogen-bond acceptors (Lipinski definition) is 7. The molecule has 3 aliphatic rings. The Hall–Kier alpha value is -3.59. The number of carbonyl (C=O) groups excluding carboxylic acids is 1. The van der Waals surface area contributed by atoms with Crippen molar-refractivity contribution in [3.05, 3.63) is 47.8 Å². The Labute approximate surface area is 217 Å². The van der Waals surface area contributed by atoms with Gasteiger partial charge in [0.05, 0.1) is 31.7 Å². The number of morpholine rings is 1. The summed E-state index contributed by atoms with van der Waals surface area (Å²) < 4.78 is 11.0. The molecule has 1 N–H and O–H groups in total. The van der Waals surface area contributed by atoms with Crippen LogP contribution in [-0.2, 0) is 16.0 Å². The molecule has 3 aliphatic heterocycles. The number of anilines is 3. The van der Waals surface area contributed by atoms with Crippen molar-refractivity contribution >= 4 is 23.4 Å². The number of hydrogen-bond donors (Lipinski definition) is 1. The standard InChI is InChI=1S/C28H34N6O3/c1-19-5-6-23-21(18-19)25-22(30-28(31-25)33-14-16-37-17-15-33)9-13-34(23)27(35)20-7-11-32(12-8-20)26-24(36-2)4-3-10-29-26/h3-6,10,18,20H,7-9,11-17H2,1-2H3,(H,30,31). The molecule has 0 radical (unpaired) electrons. The number of aryl methyl sites for hydroxylation is 1. The van der Waals surface area contributed by atoms with E-state index in [0.29, 0.717) is 6.54 Å². The zero-order valence-corrected chi connectivity index (χ0v) is 21.6. The van der Waals surface area contributed by atoms with Gasteiger partial charge in [0, 0.05) is 62.5 Å². The number of imidazole rings is 1. The molecular formula is C28H34N6O3. The zero-order chi connectivity index (χ0) is 25.4. The number of rotatable bonds is 4. The molecule has 2 fully saturated rings. The molecule has 0 spiro atoms. The maximum atomic E-state index is 13.9. The van der Waals surface area contributed by atoms with Crippen LogP contribution in [0.1, 0.15) is 24.1 Å². The first-order valence-electron chi connectivity index (χ1n) is 13.2. The van der Waals surface area contributed by atoms with Crippen LogP contribution in [0.5, 0.6) is 5.75 Å². The van der Waals surface area contributed by atoms with E-state index in [2.05, 4.69) is 44.9 Å². The van der Waals surface area contributed by atoms with Gasteiger partial charge in [-0.2, -0.15) is 0 Å². The Balaban J connectivity index is 1.23. The monoisotopic (exact) mass is 502 g/mol. The highest BCUT2D eigenvalue weighted by Crippen LogP contribution is 2.39. The highest BCUT2D eigenvalue weighted by molar-refractivity contribution is 6.00. The Morgan fingerprint density at radius 1 is 1.08 bits per heavy atom. The minimum absolute atomic E-state index is 0.0200. The number of pyridine rings is 1. The molecule has 1 amide bonds. The lowest BCUT2D eigenvalue weighted by Gasteiger charge is -2.35. The second-order valence-corrected chi connectivity index (χ2v) is 10.0. The summed E-state index contributed by atoms with van der Waals surface area (Å²) in [6.07, 6.45) is 4.12. The predicted molar refractivity (Wildman–Crippen MR) is 144 cm³/mol. The molecule has 1 aromatic carbocycles. The molecule has 9 heteroatoms. The minimum atomic E-state index is -0.0200. The molecule has 3 aromatic rings. The van der Waals surface area contributed by atoms with Gasteiger partial charge in [0.2, 0.25) is 11.9 Å². The molecule has 37 heavy (non-hydrogen) atoms. The average Bonchev–Trinajstić information content (AvgIpc) is 3.32. The number of amides is 1. The van der Waals surface area contributed by atoms with Gasteiger partial charge in [0.1, 0.15) is 0 Å². The van der Waals surface area contributed by atoms with E-state index < -0.39 is 0 Å². The summed E-state index contributed by atoms with van der Waals surface area (Å²) in [6.45, 7) is 7.39. The summed E-state index contributed by atoms with van der Waals surface area (Å²) in [5, 5.41) is 0. The van der Waals surface area contributed by atoms with Crippen molar-refractivity contribution in [3.8, 4) is 17.0 Å². The molecule has 194 valence electrons. The van der Waals surface area contributed by atoms with E-state index in [1.54, 1.807) is 13.3 Å². The van der Waals surface area contributed by atoms with Gasteiger partial charge in [-0.15, -0.1) is 0 Å². The maximum Gasteiger partial charge on any atom is 0.230 e. The molecule has 2 saturated heterocycles. The normalized spacial score (nSPS) is 18.3. The maximum absolute atomic E-state index is 13.9. The highest BCUT2D eigenvalue weighted by atomic mass is 16.5. The molecule has 2 aromatic heterocycles. The lowest BCUT2D eigenvalue weighted by molar-refractivity contribution is -0.123. The van der Waals surface area contributed by atoms with Crippen LogP contribution in [0.3, 0.4) is 0 Å². The SMILES string of the molecule is COc1cccnc1N1CCC(C(=O)N2CCc3[nH]c(N4CCOCC4)nc3-c3cc(C)ccc32)CC1. The van der Waals surface area contributed by atoms with Crippen LogP contribution in [0, 0.1) is 12.8 Å². The third kappa shape index (κ3) is 4.52. The van der Waals surface area contributed by atoms with E-state index in [0.717, 1.165) is 104 Å². The number of H-pyrrole nitrogens is 1. The van der Waals surface area contributed by atoms with Gasteiger partial charge in [-0.25, -0.2) is 9.97 Å². The summed E-state index contributed by atoms with van der Waals surface area (Å²) in [5.41, 5.74) is 5.22. The van der Waals surface area contributed by atoms with Crippen LogP contribution in [0.4, 0.5) is 17.5 Å². The van der Waals surface area contributed by atoms with Crippen LogP contribution < -0.4 is 19.4 Å². The number of fused-ring (bicyclic) bond motifs is 3. The molecule has 5 heterocycles. The fourth-order valence-corrected chi connectivity index (χ4v) is 5.71. The van der Waals surface area contributed by atoms with E-state index in [1.165, 1.54) is 0 Å². The van der Waals surface area contributed by atoms with E-state index in [4.69, 9.17) is 14.5 Å². The third-order valence-corrected chi connectivity index (χ3v) is 7.74. The van der Waals surface area contributed by atoms with Crippen molar-refractivity contribution in [1.29, 1.82) is 0 Å². The first kappa shape index (κ1) is 23.8. The largest absolute Gasteiger partial charge is 0.493 e. The third-order valence-electron chi connectivity index (χ3n) is 7.74. The smallest absolute Gasteiger partial charge is 0.230 e. The average molecular weight is 503 g/mol. The molecular weight excluding hydrogens is 468 g/mol. The summed E-state index contributed by atoms with van der Waals surface area (Å²) in [4.78, 5) is 33.5. The number of aromatic amines is 1. The van der Waals surface area contributed by atoms with E-state index in [9.17, 15) is 4.79 Å². The van der Waals surface area contributed by atoms with Gasteiger partial charge in [0.15, 0.2) is 11.6 Å². The predicted octanol–water partition coefficient (Wildman–Crippen LogP) is 3.43. The number of nitrogens with zero attached hydrogens (tertiary/aromatic N) is 5. The quantitative estimate of drug-likeness (QED) is 0.585.